The van der Waals surface area contributed by atoms with Crippen LogP contribution in [0, 0.1) is 0 Å². The summed E-state index contributed by atoms with van der Waals surface area (Å²) in [4.78, 5) is 10.9. The number of hydrogen-bond donors (Lipinski definition) is 2. The molecule has 0 aliphatic carbocycles. The second kappa shape index (κ2) is 5.76. The summed E-state index contributed by atoms with van der Waals surface area (Å²) < 4.78 is 30.5. The third-order valence-corrected chi connectivity index (χ3v) is 3.52. The highest BCUT2D eigenvalue weighted by Crippen LogP contribution is 2.09. The van der Waals surface area contributed by atoms with Crippen LogP contribution in [0.25, 0.3) is 0 Å². The van der Waals surface area contributed by atoms with Gasteiger partial charge in [0.2, 0.25) is 15.9 Å². The summed E-state index contributed by atoms with van der Waals surface area (Å²) in [6.07, 6.45) is 0. The van der Waals surface area contributed by atoms with Crippen LogP contribution in [0.5, 0.6) is 0 Å². The van der Waals surface area contributed by atoms with E-state index in [1.165, 1.54) is 31.4 Å². The maximum absolute atomic E-state index is 11.7. The van der Waals surface area contributed by atoms with Crippen molar-refractivity contribution in [1.82, 2.24) is 4.72 Å². The fourth-order valence-corrected chi connectivity index (χ4v) is 2.17. The average molecular weight is 258 g/mol. The lowest BCUT2D eigenvalue weighted by Crippen LogP contribution is -2.27. The number of carbonyl (C=O) groups excluding carboxylic acids is 1. The van der Waals surface area contributed by atoms with E-state index in [1.54, 1.807) is 0 Å². The first-order valence-electron chi connectivity index (χ1n) is 4.86. The molecular formula is C10H14N2O4S. The van der Waals surface area contributed by atoms with Crippen molar-refractivity contribution in [3.63, 3.8) is 0 Å². The number of hydrogen-bond acceptors (Lipinski definition) is 4. The van der Waals surface area contributed by atoms with Crippen molar-refractivity contribution in [3.05, 3.63) is 29.8 Å². The summed E-state index contributed by atoms with van der Waals surface area (Å²) in [6, 6.07) is 5.39. The van der Waals surface area contributed by atoms with Crippen LogP contribution in [0.3, 0.4) is 0 Å². The molecular weight excluding hydrogens is 244 g/mol. The Morgan fingerprint density at radius 1 is 1.35 bits per heavy atom. The molecule has 0 heterocycles. The number of carbonyl (C=O) groups is 1. The Labute approximate surface area is 99.8 Å². The van der Waals surface area contributed by atoms with Crippen LogP contribution in [-0.2, 0) is 14.8 Å². The molecule has 0 fully saturated rings. The zero-order valence-electron chi connectivity index (χ0n) is 9.34. The van der Waals surface area contributed by atoms with Gasteiger partial charge in [-0.25, -0.2) is 13.1 Å². The van der Waals surface area contributed by atoms with E-state index in [4.69, 9.17) is 10.5 Å². The summed E-state index contributed by atoms with van der Waals surface area (Å²) in [5.41, 5.74) is 5.32. The zero-order valence-corrected chi connectivity index (χ0v) is 10.2. The lowest BCUT2D eigenvalue weighted by Gasteiger charge is -2.06. The van der Waals surface area contributed by atoms with Gasteiger partial charge in [0.05, 0.1) is 11.5 Å². The van der Waals surface area contributed by atoms with E-state index in [0.717, 1.165) is 0 Å². The van der Waals surface area contributed by atoms with Crippen molar-refractivity contribution >= 4 is 15.9 Å². The Kier molecular flexibility index (Phi) is 4.62. The number of benzene rings is 1. The molecule has 0 aromatic heterocycles. The highest BCUT2D eigenvalue weighted by Gasteiger charge is 2.13. The van der Waals surface area contributed by atoms with E-state index in [9.17, 15) is 13.2 Å². The largest absolute Gasteiger partial charge is 0.383 e. The van der Waals surface area contributed by atoms with E-state index in [-0.39, 0.29) is 17.0 Å². The number of nitrogens with two attached hydrogens (primary N) is 1. The second-order valence-electron chi connectivity index (χ2n) is 3.28. The van der Waals surface area contributed by atoms with Crippen LogP contribution in [0.2, 0.25) is 0 Å². The molecule has 1 aromatic rings. The maximum Gasteiger partial charge on any atom is 0.248 e. The number of amides is 1. The highest BCUT2D eigenvalue weighted by atomic mass is 32.2. The van der Waals surface area contributed by atoms with Gasteiger partial charge in [-0.3, -0.25) is 4.79 Å². The summed E-state index contributed by atoms with van der Waals surface area (Å²) in [5.74, 6) is -0.596. The van der Waals surface area contributed by atoms with E-state index in [2.05, 4.69) is 4.72 Å². The minimum atomic E-state index is -3.56. The first kappa shape index (κ1) is 13.6. The van der Waals surface area contributed by atoms with Gasteiger partial charge < -0.3 is 10.5 Å². The van der Waals surface area contributed by atoms with Crippen LogP contribution in [0.1, 0.15) is 10.4 Å². The Hall–Kier alpha value is -1.44. The first-order chi connectivity index (χ1) is 7.97. The maximum atomic E-state index is 11.7. The summed E-state index contributed by atoms with van der Waals surface area (Å²) in [7, 11) is -2.08. The molecule has 7 heteroatoms. The molecule has 0 bridgehead atoms. The van der Waals surface area contributed by atoms with Gasteiger partial charge in [-0.2, -0.15) is 0 Å². The molecule has 17 heavy (non-hydrogen) atoms. The van der Waals surface area contributed by atoms with Crippen molar-refractivity contribution in [2.24, 2.45) is 5.73 Å². The van der Waals surface area contributed by atoms with E-state index < -0.39 is 15.9 Å². The molecule has 0 spiro atoms. The van der Waals surface area contributed by atoms with Gasteiger partial charge in [0.15, 0.2) is 0 Å². The van der Waals surface area contributed by atoms with Crippen LogP contribution in [-0.4, -0.2) is 34.6 Å². The van der Waals surface area contributed by atoms with Crippen molar-refractivity contribution in [2.45, 2.75) is 4.90 Å². The standard InChI is InChI=1S/C10H14N2O4S/c1-16-7-6-12-17(14,15)9-4-2-8(3-5-9)10(11)13/h2-5,12H,6-7H2,1H3,(H2,11,13). The van der Waals surface area contributed by atoms with Crippen molar-refractivity contribution in [2.75, 3.05) is 20.3 Å². The first-order valence-corrected chi connectivity index (χ1v) is 6.34. The summed E-state index contributed by atoms with van der Waals surface area (Å²) in [5, 5.41) is 0. The fraction of sp³-hybridized carbons (Fsp3) is 0.300. The quantitative estimate of drug-likeness (QED) is 0.685. The highest BCUT2D eigenvalue weighted by molar-refractivity contribution is 7.89. The fourth-order valence-electron chi connectivity index (χ4n) is 1.16. The molecule has 6 nitrogen and oxygen atoms in total. The molecule has 94 valence electrons. The number of rotatable bonds is 6. The van der Waals surface area contributed by atoms with Gasteiger partial charge in [0.25, 0.3) is 0 Å². The molecule has 0 saturated carbocycles. The molecule has 1 aromatic carbocycles. The lowest BCUT2D eigenvalue weighted by atomic mass is 10.2. The van der Waals surface area contributed by atoms with E-state index in [0.29, 0.717) is 6.61 Å². The van der Waals surface area contributed by atoms with Crippen molar-refractivity contribution in [1.29, 1.82) is 0 Å². The molecule has 0 unspecified atom stereocenters. The lowest BCUT2D eigenvalue weighted by molar-refractivity contribution is 0.1000. The van der Waals surface area contributed by atoms with Gasteiger partial charge in [0, 0.05) is 19.2 Å². The molecule has 0 aliphatic heterocycles. The van der Waals surface area contributed by atoms with Gasteiger partial charge >= 0.3 is 0 Å². The minimum absolute atomic E-state index is 0.0820. The average Bonchev–Trinajstić information content (AvgIpc) is 2.29. The molecule has 0 aliphatic rings. The van der Waals surface area contributed by atoms with Gasteiger partial charge in [-0.1, -0.05) is 0 Å². The predicted molar refractivity (Wildman–Crippen MR) is 62.0 cm³/mol. The zero-order chi connectivity index (χ0) is 12.9. The number of methoxy groups -OCH3 is 1. The van der Waals surface area contributed by atoms with Crippen molar-refractivity contribution < 1.29 is 17.9 Å². The minimum Gasteiger partial charge on any atom is -0.383 e. The Morgan fingerprint density at radius 3 is 2.41 bits per heavy atom. The van der Waals surface area contributed by atoms with Gasteiger partial charge in [-0.15, -0.1) is 0 Å². The number of sulfonamides is 1. The Balaban J connectivity index is 2.81. The van der Waals surface area contributed by atoms with Crippen molar-refractivity contribution in [3.8, 4) is 0 Å². The smallest absolute Gasteiger partial charge is 0.248 e. The SMILES string of the molecule is COCCNS(=O)(=O)c1ccc(C(N)=O)cc1. The summed E-state index contributed by atoms with van der Waals surface area (Å²) in [6.45, 7) is 0.481. The van der Waals surface area contributed by atoms with E-state index >= 15 is 0 Å². The topological polar surface area (TPSA) is 98.5 Å². The number of ether oxygens (including phenoxy) is 1. The molecule has 0 saturated heterocycles. The Bertz CT molecular complexity index is 482. The summed E-state index contributed by atoms with van der Waals surface area (Å²) >= 11 is 0. The van der Waals surface area contributed by atoms with E-state index in [1.807, 2.05) is 0 Å². The Morgan fingerprint density at radius 2 is 1.94 bits per heavy atom. The van der Waals surface area contributed by atoms with Crippen LogP contribution >= 0.6 is 0 Å². The normalized spacial score (nSPS) is 11.4. The number of primary amides is 1. The second-order valence-corrected chi connectivity index (χ2v) is 5.05. The molecule has 0 atom stereocenters. The monoisotopic (exact) mass is 258 g/mol. The molecule has 1 amide bonds. The molecule has 1 rings (SSSR count). The molecule has 0 radical (unpaired) electrons. The third-order valence-electron chi connectivity index (χ3n) is 2.05. The van der Waals surface area contributed by atoms with Crippen LogP contribution < -0.4 is 10.5 Å². The third kappa shape index (κ3) is 3.81. The van der Waals surface area contributed by atoms with Crippen LogP contribution in [0.4, 0.5) is 0 Å². The van der Waals surface area contributed by atoms with Gasteiger partial charge in [0.1, 0.15) is 0 Å². The number of nitrogens with one attached hydrogen (secondary N) is 1. The van der Waals surface area contributed by atoms with Gasteiger partial charge in [-0.05, 0) is 24.3 Å². The van der Waals surface area contributed by atoms with Crippen LogP contribution in [0.15, 0.2) is 29.2 Å². The molecule has 3 N–H and O–H groups in total. The predicted octanol–water partition coefficient (Wildman–Crippen LogP) is -0.290.